The van der Waals surface area contributed by atoms with Gasteiger partial charge in [0.25, 0.3) is 0 Å². The maximum absolute atomic E-state index is 11.9. The second-order valence-corrected chi connectivity index (χ2v) is 5.51. The number of benzene rings is 1. The van der Waals surface area contributed by atoms with E-state index < -0.39 is 0 Å². The van der Waals surface area contributed by atoms with E-state index in [9.17, 15) is 9.59 Å². The monoisotopic (exact) mass is 290 g/mol. The molecule has 114 valence electrons. The van der Waals surface area contributed by atoms with Gasteiger partial charge in [-0.2, -0.15) is 0 Å². The van der Waals surface area contributed by atoms with E-state index in [0.29, 0.717) is 31.8 Å². The molecule has 0 aliphatic carbocycles. The maximum Gasteiger partial charge on any atom is 0.306 e. The van der Waals surface area contributed by atoms with Crippen molar-refractivity contribution in [1.82, 2.24) is 0 Å². The molecular weight excluding hydrogens is 268 g/mol. The molecule has 0 aromatic heterocycles. The van der Waals surface area contributed by atoms with Gasteiger partial charge in [0.15, 0.2) is 5.78 Å². The highest BCUT2D eigenvalue weighted by Gasteiger charge is 2.37. The first kappa shape index (κ1) is 15.7. The van der Waals surface area contributed by atoms with Gasteiger partial charge in [0.2, 0.25) is 0 Å². The fourth-order valence-electron chi connectivity index (χ4n) is 2.88. The van der Waals surface area contributed by atoms with Crippen molar-refractivity contribution < 1.29 is 19.1 Å². The molecule has 0 N–H and O–H groups in total. The molecule has 0 unspecified atom stereocenters. The van der Waals surface area contributed by atoms with Crippen molar-refractivity contribution in [3.05, 3.63) is 35.4 Å². The zero-order valence-electron chi connectivity index (χ0n) is 12.7. The molecule has 0 saturated carbocycles. The first-order chi connectivity index (χ1) is 10.1. The number of ketones is 1. The summed E-state index contributed by atoms with van der Waals surface area (Å²) < 4.78 is 10.6. The van der Waals surface area contributed by atoms with Gasteiger partial charge in [0.05, 0.1) is 13.0 Å². The van der Waals surface area contributed by atoms with Crippen LogP contribution in [0.25, 0.3) is 0 Å². The third-order valence-electron chi connectivity index (χ3n) is 4.14. The molecule has 1 aromatic rings. The lowest BCUT2D eigenvalue weighted by atomic mass is 9.71. The molecule has 1 aromatic carbocycles. The number of esters is 1. The lowest BCUT2D eigenvalue weighted by Gasteiger charge is -2.37. The highest BCUT2D eigenvalue weighted by Crippen LogP contribution is 2.38. The van der Waals surface area contributed by atoms with E-state index in [1.807, 2.05) is 31.2 Å². The summed E-state index contributed by atoms with van der Waals surface area (Å²) in [5.74, 6) is -0.122. The summed E-state index contributed by atoms with van der Waals surface area (Å²) in [6.07, 6.45) is 1.96. The number of carbonyl (C=O) groups excluding carboxylic acids is 2. The van der Waals surface area contributed by atoms with Crippen LogP contribution in [0.5, 0.6) is 0 Å². The van der Waals surface area contributed by atoms with Crippen molar-refractivity contribution >= 4 is 11.8 Å². The average Bonchev–Trinajstić information content (AvgIpc) is 2.48. The largest absolute Gasteiger partial charge is 0.466 e. The Morgan fingerprint density at radius 2 is 1.81 bits per heavy atom. The van der Waals surface area contributed by atoms with Gasteiger partial charge in [-0.25, -0.2) is 0 Å². The van der Waals surface area contributed by atoms with Crippen LogP contribution < -0.4 is 0 Å². The predicted octanol–water partition coefficient (Wildman–Crippen LogP) is 2.89. The molecule has 1 heterocycles. The number of ether oxygens (including phenoxy) is 2. The average molecular weight is 290 g/mol. The van der Waals surface area contributed by atoms with Crippen LogP contribution in [-0.4, -0.2) is 31.6 Å². The minimum absolute atomic E-state index is 0.0490. The quantitative estimate of drug-likeness (QED) is 0.618. The van der Waals surface area contributed by atoms with Gasteiger partial charge in [-0.05, 0) is 32.3 Å². The fraction of sp³-hybridized carbons (Fsp3) is 0.529. The standard InChI is InChI=1S/C17H22O4/c1-3-21-16(19)12-17(8-10-20-11-9-17)15-6-4-14(5-7-15)13(2)18/h4-7H,3,8-12H2,1-2H3. The SMILES string of the molecule is CCOC(=O)CC1(c2ccc(C(C)=O)cc2)CCOCC1. The van der Waals surface area contributed by atoms with Crippen LogP contribution in [0.1, 0.15) is 49.0 Å². The van der Waals surface area contributed by atoms with Gasteiger partial charge in [-0.3, -0.25) is 9.59 Å². The third-order valence-corrected chi connectivity index (χ3v) is 4.14. The second kappa shape index (κ2) is 6.85. The lowest BCUT2D eigenvalue weighted by Crippen LogP contribution is -2.36. The van der Waals surface area contributed by atoms with Crippen LogP contribution in [0.3, 0.4) is 0 Å². The van der Waals surface area contributed by atoms with Crippen molar-refractivity contribution in [2.45, 2.75) is 38.5 Å². The molecule has 0 atom stereocenters. The Hall–Kier alpha value is -1.68. The first-order valence-electron chi connectivity index (χ1n) is 7.42. The van der Waals surface area contributed by atoms with Gasteiger partial charge in [0.1, 0.15) is 0 Å². The predicted molar refractivity (Wildman–Crippen MR) is 79.4 cm³/mol. The van der Waals surface area contributed by atoms with Crippen molar-refractivity contribution in [2.24, 2.45) is 0 Å². The summed E-state index contributed by atoms with van der Waals surface area (Å²) in [5, 5.41) is 0. The van der Waals surface area contributed by atoms with E-state index in [4.69, 9.17) is 9.47 Å². The fourth-order valence-corrected chi connectivity index (χ4v) is 2.88. The van der Waals surface area contributed by atoms with Crippen LogP contribution in [0.4, 0.5) is 0 Å². The van der Waals surface area contributed by atoms with Crippen molar-refractivity contribution in [3.8, 4) is 0 Å². The molecule has 0 amide bonds. The molecule has 21 heavy (non-hydrogen) atoms. The molecule has 0 radical (unpaired) electrons. The molecule has 1 saturated heterocycles. The van der Waals surface area contributed by atoms with E-state index in [-0.39, 0.29) is 17.2 Å². The van der Waals surface area contributed by atoms with Gasteiger partial charge in [-0.15, -0.1) is 0 Å². The van der Waals surface area contributed by atoms with Gasteiger partial charge in [0, 0.05) is 24.2 Å². The number of hydrogen-bond donors (Lipinski definition) is 0. The molecule has 1 aliphatic heterocycles. The number of carbonyl (C=O) groups is 2. The van der Waals surface area contributed by atoms with Crippen LogP contribution in [-0.2, 0) is 19.7 Å². The van der Waals surface area contributed by atoms with Crippen LogP contribution in [0, 0.1) is 0 Å². The second-order valence-electron chi connectivity index (χ2n) is 5.51. The minimum Gasteiger partial charge on any atom is -0.466 e. The topological polar surface area (TPSA) is 52.6 Å². The normalized spacial score (nSPS) is 17.2. The van der Waals surface area contributed by atoms with E-state index in [1.165, 1.54) is 0 Å². The summed E-state index contributed by atoms with van der Waals surface area (Å²) >= 11 is 0. The van der Waals surface area contributed by atoms with Crippen LogP contribution in [0.15, 0.2) is 24.3 Å². The molecule has 0 bridgehead atoms. The molecular formula is C17H22O4. The van der Waals surface area contributed by atoms with E-state index in [0.717, 1.165) is 18.4 Å². The molecule has 4 heteroatoms. The Morgan fingerprint density at radius 1 is 1.19 bits per heavy atom. The Kier molecular flexibility index (Phi) is 5.12. The molecule has 0 spiro atoms. The highest BCUT2D eigenvalue weighted by molar-refractivity contribution is 5.94. The number of Topliss-reactive ketones (excluding diaryl/α,β-unsaturated/α-hetero) is 1. The zero-order chi connectivity index (χ0) is 15.3. The zero-order valence-corrected chi connectivity index (χ0v) is 12.7. The van der Waals surface area contributed by atoms with Gasteiger partial charge in [-0.1, -0.05) is 24.3 Å². The summed E-state index contributed by atoms with van der Waals surface area (Å²) in [6, 6.07) is 7.59. The van der Waals surface area contributed by atoms with Crippen LogP contribution >= 0.6 is 0 Å². The lowest BCUT2D eigenvalue weighted by molar-refractivity contribution is -0.145. The maximum atomic E-state index is 11.9. The minimum atomic E-state index is -0.236. The highest BCUT2D eigenvalue weighted by atomic mass is 16.5. The van der Waals surface area contributed by atoms with E-state index in [1.54, 1.807) is 6.92 Å². The summed E-state index contributed by atoms with van der Waals surface area (Å²) in [7, 11) is 0. The Morgan fingerprint density at radius 3 is 2.33 bits per heavy atom. The molecule has 2 rings (SSSR count). The molecule has 1 fully saturated rings. The first-order valence-corrected chi connectivity index (χ1v) is 7.42. The number of rotatable bonds is 5. The summed E-state index contributed by atoms with van der Waals surface area (Å²) in [5.41, 5.74) is 1.54. The van der Waals surface area contributed by atoms with Crippen molar-refractivity contribution in [3.63, 3.8) is 0 Å². The van der Waals surface area contributed by atoms with Crippen molar-refractivity contribution in [1.29, 1.82) is 0 Å². The number of hydrogen-bond acceptors (Lipinski definition) is 4. The van der Waals surface area contributed by atoms with E-state index in [2.05, 4.69) is 0 Å². The van der Waals surface area contributed by atoms with Crippen molar-refractivity contribution in [2.75, 3.05) is 19.8 Å². The smallest absolute Gasteiger partial charge is 0.306 e. The van der Waals surface area contributed by atoms with Gasteiger partial charge >= 0.3 is 5.97 Å². The summed E-state index contributed by atoms with van der Waals surface area (Å²) in [6.45, 7) is 5.06. The Balaban J connectivity index is 2.26. The summed E-state index contributed by atoms with van der Waals surface area (Å²) in [4.78, 5) is 23.3. The van der Waals surface area contributed by atoms with Gasteiger partial charge < -0.3 is 9.47 Å². The van der Waals surface area contributed by atoms with E-state index >= 15 is 0 Å². The third kappa shape index (κ3) is 3.70. The molecule has 1 aliphatic rings. The van der Waals surface area contributed by atoms with Crippen LogP contribution in [0.2, 0.25) is 0 Å². The Bertz CT molecular complexity index is 498. The molecule has 4 nitrogen and oxygen atoms in total. The Labute approximate surface area is 125 Å².